The van der Waals surface area contributed by atoms with E-state index in [1.165, 1.54) is 11.1 Å². The van der Waals surface area contributed by atoms with Crippen molar-refractivity contribution in [3.63, 3.8) is 0 Å². The molecule has 2 aromatic heterocycles. The van der Waals surface area contributed by atoms with Gasteiger partial charge in [-0.25, -0.2) is 4.68 Å². The van der Waals surface area contributed by atoms with E-state index in [9.17, 15) is 0 Å². The van der Waals surface area contributed by atoms with Crippen LogP contribution in [0.1, 0.15) is 55.5 Å². The Labute approximate surface area is 206 Å². The van der Waals surface area contributed by atoms with Gasteiger partial charge in [0.1, 0.15) is 11.9 Å². The van der Waals surface area contributed by atoms with Crippen LogP contribution in [-0.2, 0) is 0 Å². The molecule has 1 aliphatic heterocycles. The molecule has 0 bridgehead atoms. The lowest BCUT2D eigenvalue weighted by atomic mass is 9.93. The summed E-state index contributed by atoms with van der Waals surface area (Å²) >= 11 is 0. The Morgan fingerprint density at radius 1 is 0.857 bits per heavy atom. The first-order valence-corrected chi connectivity index (χ1v) is 12.3. The standard InChI is InChI=1S/C28H32N6O/c1-20(2)35-27-14-13-26(30-31-27)33-17-15-21(16-18-33)24-19-25(29)34(32-24)28(22-9-5-3-6-10-22)23-11-7-4-8-12-23/h3-14,19-21,28H,15-18,29H2,1-2H3. The van der Waals surface area contributed by atoms with Crippen molar-refractivity contribution in [2.45, 2.75) is 44.8 Å². The predicted octanol–water partition coefficient (Wildman–Crippen LogP) is 5.06. The van der Waals surface area contributed by atoms with Gasteiger partial charge in [0.2, 0.25) is 5.88 Å². The predicted molar refractivity (Wildman–Crippen MR) is 139 cm³/mol. The Balaban J connectivity index is 1.32. The average Bonchev–Trinajstić information content (AvgIpc) is 3.27. The first-order chi connectivity index (χ1) is 17.1. The lowest BCUT2D eigenvalue weighted by molar-refractivity contribution is 0.230. The minimum atomic E-state index is -0.0620. The van der Waals surface area contributed by atoms with E-state index in [2.05, 4.69) is 69.7 Å². The first-order valence-electron chi connectivity index (χ1n) is 12.3. The fraction of sp³-hybridized carbons (Fsp3) is 0.321. The van der Waals surface area contributed by atoms with E-state index in [0.717, 1.165) is 37.4 Å². The van der Waals surface area contributed by atoms with Gasteiger partial charge >= 0.3 is 0 Å². The SMILES string of the molecule is CC(C)Oc1ccc(N2CCC(c3cc(N)n(C(c4ccccc4)c4ccccc4)n3)CC2)nn1. The van der Waals surface area contributed by atoms with Crippen LogP contribution in [0.15, 0.2) is 78.9 Å². The second-order valence-electron chi connectivity index (χ2n) is 9.32. The third kappa shape index (κ3) is 5.14. The molecule has 1 fully saturated rings. The number of ether oxygens (including phenoxy) is 1. The van der Waals surface area contributed by atoms with E-state index in [1.807, 2.05) is 42.8 Å². The molecule has 2 aromatic carbocycles. The Morgan fingerprint density at radius 2 is 1.49 bits per heavy atom. The zero-order valence-electron chi connectivity index (χ0n) is 20.3. The number of rotatable bonds is 7. The number of anilines is 2. The highest BCUT2D eigenvalue weighted by Crippen LogP contribution is 2.34. The van der Waals surface area contributed by atoms with Gasteiger partial charge in [-0.15, -0.1) is 10.2 Å². The highest BCUT2D eigenvalue weighted by Gasteiger charge is 2.27. The monoisotopic (exact) mass is 468 g/mol. The van der Waals surface area contributed by atoms with E-state index >= 15 is 0 Å². The van der Waals surface area contributed by atoms with Crippen LogP contribution in [-0.4, -0.2) is 39.2 Å². The summed E-state index contributed by atoms with van der Waals surface area (Å²) in [7, 11) is 0. The van der Waals surface area contributed by atoms with Crippen LogP contribution in [0.5, 0.6) is 5.88 Å². The molecule has 4 aromatic rings. The van der Waals surface area contributed by atoms with Gasteiger partial charge in [0, 0.05) is 31.1 Å². The highest BCUT2D eigenvalue weighted by atomic mass is 16.5. The lowest BCUT2D eigenvalue weighted by Crippen LogP contribution is -2.33. The maximum atomic E-state index is 6.55. The Kier molecular flexibility index (Phi) is 6.66. The van der Waals surface area contributed by atoms with E-state index in [-0.39, 0.29) is 12.1 Å². The van der Waals surface area contributed by atoms with Gasteiger partial charge in [0.15, 0.2) is 5.82 Å². The lowest BCUT2D eigenvalue weighted by Gasteiger charge is -2.31. The van der Waals surface area contributed by atoms with Crippen LogP contribution >= 0.6 is 0 Å². The van der Waals surface area contributed by atoms with Gasteiger partial charge in [-0.05, 0) is 43.9 Å². The average molecular weight is 469 g/mol. The topological polar surface area (TPSA) is 82.1 Å². The fourth-order valence-electron chi connectivity index (χ4n) is 4.77. The van der Waals surface area contributed by atoms with Gasteiger partial charge in [-0.2, -0.15) is 5.10 Å². The van der Waals surface area contributed by atoms with E-state index in [1.54, 1.807) is 0 Å². The minimum Gasteiger partial charge on any atom is -0.474 e. The normalized spacial score (nSPS) is 14.6. The van der Waals surface area contributed by atoms with Crippen molar-refractivity contribution in [2.75, 3.05) is 23.7 Å². The summed E-state index contributed by atoms with van der Waals surface area (Å²) in [5.41, 5.74) is 9.94. The second kappa shape index (κ2) is 10.2. The quantitative estimate of drug-likeness (QED) is 0.408. The maximum Gasteiger partial charge on any atom is 0.233 e. The van der Waals surface area contributed by atoms with Crippen LogP contribution in [0.25, 0.3) is 0 Å². The van der Waals surface area contributed by atoms with E-state index < -0.39 is 0 Å². The van der Waals surface area contributed by atoms with Crippen molar-refractivity contribution in [3.8, 4) is 5.88 Å². The molecule has 0 unspecified atom stereocenters. The van der Waals surface area contributed by atoms with Gasteiger partial charge in [-0.3, -0.25) is 0 Å². The van der Waals surface area contributed by atoms with Crippen LogP contribution in [0.3, 0.4) is 0 Å². The molecule has 0 saturated carbocycles. The summed E-state index contributed by atoms with van der Waals surface area (Å²) in [6.07, 6.45) is 2.06. The van der Waals surface area contributed by atoms with Gasteiger partial charge in [0.25, 0.3) is 0 Å². The summed E-state index contributed by atoms with van der Waals surface area (Å²) in [5, 5.41) is 13.6. The van der Waals surface area contributed by atoms with Crippen LogP contribution < -0.4 is 15.4 Å². The molecule has 1 saturated heterocycles. The van der Waals surface area contributed by atoms with Crippen LogP contribution in [0.2, 0.25) is 0 Å². The second-order valence-corrected chi connectivity index (χ2v) is 9.32. The summed E-state index contributed by atoms with van der Waals surface area (Å²) in [4.78, 5) is 2.28. The molecule has 0 amide bonds. The number of benzene rings is 2. The van der Waals surface area contributed by atoms with Crippen molar-refractivity contribution in [1.29, 1.82) is 0 Å². The zero-order valence-corrected chi connectivity index (χ0v) is 20.3. The minimum absolute atomic E-state index is 0.0620. The van der Waals surface area contributed by atoms with Crippen LogP contribution in [0, 0.1) is 0 Å². The molecular weight excluding hydrogens is 436 g/mol. The molecule has 0 aliphatic carbocycles. The number of piperidine rings is 1. The number of hydrogen-bond donors (Lipinski definition) is 1. The maximum absolute atomic E-state index is 6.55. The molecule has 2 N–H and O–H groups in total. The van der Waals surface area contributed by atoms with Gasteiger partial charge < -0.3 is 15.4 Å². The molecule has 0 radical (unpaired) electrons. The number of aromatic nitrogens is 4. The Morgan fingerprint density at radius 3 is 2.03 bits per heavy atom. The Bertz CT molecular complexity index is 1180. The largest absolute Gasteiger partial charge is 0.474 e. The fourth-order valence-corrected chi connectivity index (χ4v) is 4.77. The van der Waals surface area contributed by atoms with Crippen molar-refractivity contribution < 1.29 is 4.74 Å². The summed E-state index contributed by atoms with van der Waals surface area (Å²) in [5.74, 6) is 2.49. The number of hydrogen-bond acceptors (Lipinski definition) is 6. The number of nitrogens with zero attached hydrogens (tertiary/aromatic N) is 5. The number of nitrogen functional groups attached to an aromatic ring is 1. The summed E-state index contributed by atoms with van der Waals surface area (Å²) in [6.45, 7) is 5.77. The van der Waals surface area contributed by atoms with Crippen LogP contribution in [0.4, 0.5) is 11.6 Å². The molecule has 3 heterocycles. The molecule has 0 spiro atoms. The summed E-state index contributed by atoms with van der Waals surface area (Å²) in [6, 6.07) is 26.7. The van der Waals surface area contributed by atoms with Gasteiger partial charge in [0.05, 0.1) is 11.8 Å². The molecule has 7 heteroatoms. The molecule has 0 atom stereocenters. The third-order valence-corrected chi connectivity index (χ3v) is 6.48. The zero-order chi connectivity index (χ0) is 24.2. The first kappa shape index (κ1) is 22.9. The smallest absolute Gasteiger partial charge is 0.233 e. The van der Waals surface area contributed by atoms with E-state index in [0.29, 0.717) is 17.6 Å². The number of nitrogens with two attached hydrogens (primary N) is 1. The molecule has 35 heavy (non-hydrogen) atoms. The molecule has 180 valence electrons. The molecular formula is C28H32N6O. The van der Waals surface area contributed by atoms with Crippen molar-refractivity contribution in [3.05, 3.63) is 95.7 Å². The molecule has 7 nitrogen and oxygen atoms in total. The summed E-state index contributed by atoms with van der Waals surface area (Å²) < 4.78 is 7.59. The molecule has 1 aliphatic rings. The Hall–Kier alpha value is -3.87. The van der Waals surface area contributed by atoms with E-state index in [4.69, 9.17) is 15.6 Å². The molecule has 5 rings (SSSR count). The van der Waals surface area contributed by atoms with Gasteiger partial charge in [-0.1, -0.05) is 60.7 Å². The van der Waals surface area contributed by atoms with Crippen molar-refractivity contribution in [2.24, 2.45) is 0 Å². The van der Waals surface area contributed by atoms with Crippen molar-refractivity contribution >= 4 is 11.6 Å². The van der Waals surface area contributed by atoms with Crippen molar-refractivity contribution in [1.82, 2.24) is 20.0 Å². The third-order valence-electron chi connectivity index (χ3n) is 6.48. The highest BCUT2D eigenvalue weighted by molar-refractivity contribution is 5.42.